The van der Waals surface area contributed by atoms with Gasteiger partial charge in [-0.05, 0) is 30.0 Å². The maximum atomic E-state index is 11.2. The number of carbonyl (C=O) groups is 1. The van der Waals surface area contributed by atoms with Gasteiger partial charge in [0.2, 0.25) is 5.89 Å². The van der Waals surface area contributed by atoms with Crippen LogP contribution in [0.1, 0.15) is 81.0 Å². The fraction of sp³-hybridized carbons (Fsp3) is 0.600. The first-order chi connectivity index (χ1) is 12.7. The second-order valence-corrected chi connectivity index (χ2v) is 7.31. The number of aromatic nitrogens is 3. The molecule has 0 unspecified atom stereocenters. The summed E-state index contributed by atoms with van der Waals surface area (Å²) in [7, 11) is 0. The molecule has 1 atom stereocenters. The molecule has 0 aliphatic heterocycles. The Morgan fingerprint density at radius 1 is 1.23 bits per heavy atom. The standard InChI is InChI=1S/C20H27N3O3/c24-19(25)14-17(8-4-7-15-5-2-1-3-6-15)20-22-18(23-26-20)13-16-9-11-21-12-10-16/h9-12,15,17H,1-8,13-14H2,(H,24,25)/t17-/m0/s1. The van der Waals surface area contributed by atoms with Crippen molar-refractivity contribution in [3.8, 4) is 0 Å². The molecule has 0 spiro atoms. The summed E-state index contributed by atoms with van der Waals surface area (Å²) in [6.45, 7) is 0. The molecule has 2 aromatic heterocycles. The summed E-state index contributed by atoms with van der Waals surface area (Å²) in [5.74, 6) is 0.837. The predicted molar refractivity (Wildman–Crippen MR) is 96.8 cm³/mol. The molecular formula is C20H27N3O3. The first-order valence-electron chi connectivity index (χ1n) is 9.64. The molecule has 1 N–H and O–H groups in total. The lowest BCUT2D eigenvalue weighted by Gasteiger charge is -2.21. The Balaban J connectivity index is 1.57. The number of hydrogen-bond donors (Lipinski definition) is 1. The third-order valence-corrected chi connectivity index (χ3v) is 5.26. The van der Waals surface area contributed by atoms with E-state index in [1.54, 1.807) is 12.4 Å². The number of carboxylic acid groups (broad SMARTS) is 1. The summed E-state index contributed by atoms with van der Waals surface area (Å²) in [5.41, 5.74) is 1.06. The quantitative estimate of drug-likeness (QED) is 0.717. The van der Waals surface area contributed by atoms with Gasteiger partial charge < -0.3 is 9.63 Å². The fourth-order valence-electron chi connectivity index (χ4n) is 3.84. The van der Waals surface area contributed by atoms with E-state index in [0.717, 1.165) is 24.3 Å². The van der Waals surface area contributed by atoms with E-state index in [1.165, 1.54) is 38.5 Å². The first-order valence-corrected chi connectivity index (χ1v) is 9.64. The monoisotopic (exact) mass is 357 g/mol. The molecule has 0 bridgehead atoms. The van der Waals surface area contributed by atoms with Crippen LogP contribution in [0.3, 0.4) is 0 Å². The molecule has 1 saturated carbocycles. The van der Waals surface area contributed by atoms with Gasteiger partial charge in [-0.1, -0.05) is 50.1 Å². The highest BCUT2D eigenvalue weighted by molar-refractivity contribution is 5.67. The van der Waals surface area contributed by atoms with Gasteiger partial charge in [0.15, 0.2) is 5.82 Å². The van der Waals surface area contributed by atoms with E-state index >= 15 is 0 Å². The van der Waals surface area contributed by atoms with Gasteiger partial charge in [0.25, 0.3) is 0 Å². The highest BCUT2D eigenvalue weighted by Crippen LogP contribution is 2.31. The third-order valence-electron chi connectivity index (χ3n) is 5.26. The van der Waals surface area contributed by atoms with Crippen molar-refractivity contribution in [2.24, 2.45) is 5.92 Å². The SMILES string of the molecule is O=C(O)C[C@H](CCCC1CCCCC1)c1nc(Cc2ccncc2)no1. The summed E-state index contributed by atoms with van der Waals surface area (Å²) in [5, 5.41) is 13.3. The van der Waals surface area contributed by atoms with E-state index in [1.807, 2.05) is 12.1 Å². The molecule has 0 aromatic carbocycles. The van der Waals surface area contributed by atoms with E-state index in [-0.39, 0.29) is 12.3 Å². The van der Waals surface area contributed by atoms with Crippen LogP contribution in [0.15, 0.2) is 29.0 Å². The van der Waals surface area contributed by atoms with Crippen molar-refractivity contribution in [1.29, 1.82) is 0 Å². The van der Waals surface area contributed by atoms with Crippen LogP contribution in [-0.4, -0.2) is 26.2 Å². The lowest BCUT2D eigenvalue weighted by atomic mass is 9.84. The van der Waals surface area contributed by atoms with Crippen LogP contribution in [0, 0.1) is 5.92 Å². The average molecular weight is 357 g/mol. The van der Waals surface area contributed by atoms with E-state index in [2.05, 4.69) is 15.1 Å². The minimum Gasteiger partial charge on any atom is -0.481 e. The van der Waals surface area contributed by atoms with E-state index in [0.29, 0.717) is 18.1 Å². The van der Waals surface area contributed by atoms with Crippen molar-refractivity contribution < 1.29 is 14.4 Å². The lowest BCUT2D eigenvalue weighted by Crippen LogP contribution is -2.10. The Morgan fingerprint density at radius 2 is 2.00 bits per heavy atom. The van der Waals surface area contributed by atoms with Crippen LogP contribution in [-0.2, 0) is 11.2 Å². The molecule has 0 saturated heterocycles. The Hall–Kier alpha value is -2.24. The molecule has 26 heavy (non-hydrogen) atoms. The minimum absolute atomic E-state index is 0.0432. The minimum atomic E-state index is -0.818. The van der Waals surface area contributed by atoms with Crippen LogP contribution >= 0.6 is 0 Å². The normalized spacial score (nSPS) is 16.5. The van der Waals surface area contributed by atoms with Gasteiger partial charge in [0, 0.05) is 24.7 Å². The molecule has 2 aromatic rings. The second kappa shape index (κ2) is 9.46. The molecule has 0 radical (unpaired) electrons. The maximum Gasteiger partial charge on any atom is 0.304 e. The molecule has 1 fully saturated rings. The van der Waals surface area contributed by atoms with Gasteiger partial charge in [0.1, 0.15) is 0 Å². The largest absolute Gasteiger partial charge is 0.481 e. The van der Waals surface area contributed by atoms with Gasteiger partial charge in [-0.3, -0.25) is 9.78 Å². The van der Waals surface area contributed by atoms with Crippen molar-refractivity contribution in [1.82, 2.24) is 15.1 Å². The van der Waals surface area contributed by atoms with Gasteiger partial charge in [-0.15, -0.1) is 0 Å². The summed E-state index contributed by atoms with van der Waals surface area (Å²) in [6.07, 6.45) is 13.7. The maximum absolute atomic E-state index is 11.2. The molecule has 140 valence electrons. The molecule has 6 nitrogen and oxygen atoms in total. The van der Waals surface area contributed by atoms with Crippen molar-refractivity contribution in [2.45, 2.75) is 70.1 Å². The number of pyridine rings is 1. The van der Waals surface area contributed by atoms with Crippen molar-refractivity contribution in [3.05, 3.63) is 41.8 Å². The molecular weight excluding hydrogens is 330 g/mol. The summed E-state index contributed by atoms with van der Waals surface area (Å²) >= 11 is 0. The number of nitrogens with zero attached hydrogens (tertiary/aromatic N) is 3. The Labute approximate surface area is 154 Å². The van der Waals surface area contributed by atoms with E-state index < -0.39 is 5.97 Å². The Morgan fingerprint density at radius 3 is 2.73 bits per heavy atom. The van der Waals surface area contributed by atoms with Gasteiger partial charge in [-0.25, -0.2) is 0 Å². The average Bonchev–Trinajstić information content (AvgIpc) is 3.11. The summed E-state index contributed by atoms with van der Waals surface area (Å²) in [4.78, 5) is 19.7. The van der Waals surface area contributed by atoms with Gasteiger partial charge in [-0.2, -0.15) is 4.98 Å². The van der Waals surface area contributed by atoms with Crippen molar-refractivity contribution in [2.75, 3.05) is 0 Å². The molecule has 2 heterocycles. The van der Waals surface area contributed by atoms with Crippen LogP contribution < -0.4 is 0 Å². The van der Waals surface area contributed by atoms with Crippen LogP contribution in [0.2, 0.25) is 0 Å². The summed E-state index contributed by atoms with van der Waals surface area (Å²) in [6, 6.07) is 3.82. The third kappa shape index (κ3) is 5.64. The van der Waals surface area contributed by atoms with Gasteiger partial charge >= 0.3 is 5.97 Å². The van der Waals surface area contributed by atoms with Crippen LogP contribution in [0.5, 0.6) is 0 Å². The number of rotatable bonds is 9. The predicted octanol–water partition coefficient (Wildman–Crippen LogP) is 4.36. The second-order valence-electron chi connectivity index (χ2n) is 7.31. The van der Waals surface area contributed by atoms with Crippen molar-refractivity contribution in [3.63, 3.8) is 0 Å². The Bertz CT molecular complexity index is 681. The molecule has 0 amide bonds. The highest BCUT2D eigenvalue weighted by atomic mass is 16.5. The molecule has 3 rings (SSSR count). The number of aliphatic carboxylic acids is 1. The number of carboxylic acids is 1. The van der Waals surface area contributed by atoms with Gasteiger partial charge in [0.05, 0.1) is 6.42 Å². The smallest absolute Gasteiger partial charge is 0.304 e. The number of hydrogen-bond acceptors (Lipinski definition) is 5. The topological polar surface area (TPSA) is 89.1 Å². The zero-order valence-corrected chi connectivity index (χ0v) is 15.1. The van der Waals surface area contributed by atoms with E-state index in [9.17, 15) is 9.90 Å². The summed E-state index contributed by atoms with van der Waals surface area (Å²) < 4.78 is 5.40. The molecule has 1 aliphatic carbocycles. The Kier molecular flexibility index (Phi) is 6.75. The lowest BCUT2D eigenvalue weighted by molar-refractivity contribution is -0.137. The fourth-order valence-corrected chi connectivity index (χ4v) is 3.84. The highest BCUT2D eigenvalue weighted by Gasteiger charge is 2.23. The van der Waals surface area contributed by atoms with Crippen molar-refractivity contribution >= 4 is 5.97 Å². The van der Waals surface area contributed by atoms with Crippen LogP contribution in [0.4, 0.5) is 0 Å². The van der Waals surface area contributed by atoms with Crippen LogP contribution in [0.25, 0.3) is 0 Å². The molecule has 6 heteroatoms. The molecule has 1 aliphatic rings. The zero-order chi connectivity index (χ0) is 18.2. The first kappa shape index (κ1) is 18.5. The van der Waals surface area contributed by atoms with E-state index in [4.69, 9.17) is 4.52 Å². The zero-order valence-electron chi connectivity index (χ0n) is 15.1.